The van der Waals surface area contributed by atoms with Gasteiger partial charge in [-0.1, -0.05) is 18.6 Å². The highest BCUT2D eigenvalue weighted by Crippen LogP contribution is 2.28. The van der Waals surface area contributed by atoms with Gasteiger partial charge in [-0.2, -0.15) is 0 Å². The van der Waals surface area contributed by atoms with Crippen molar-refractivity contribution in [3.63, 3.8) is 0 Å². The highest BCUT2D eigenvalue weighted by molar-refractivity contribution is 7.13. The summed E-state index contributed by atoms with van der Waals surface area (Å²) in [5.41, 5.74) is 1.88. The molecule has 1 aliphatic carbocycles. The van der Waals surface area contributed by atoms with Gasteiger partial charge in [0.2, 0.25) is 0 Å². The lowest BCUT2D eigenvalue weighted by molar-refractivity contribution is 0.338. The SMILES string of the molecule is Fc1ccc(CNC2CCC2)cc1-c1cccs1. The first-order chi connectivity index (χ1) is 8.83. The van der Waals surface area contributed by atoms with Gasteiger partial charge in [-0.3, -0.25) is 0 Å². The van der Waals surface area contributed by atoms with E-state index in [-0.39, 0.29) is 5.82 Å². The molecule has 1 aliphatic rings. The second-order valence-electron chi connectivity index (χ2n) is 4.80. The molecule has 1 aromatic heterocycles. The molecule has 1 heterocycles. The van der Waals surface area contributed by atoms with Crippen molar-refractivity contribution in [2.45, 2.75) is 31.8 Å². The van der Waals surface area contributed by atoms with Crippen LogP contribution < -0.4 is 5.32 Å². The maximum atomic E-state index is 13.8. The molecule has 0 amide bonds. The Bertz CT molecular complexity index is 517. The summed E-state index contributed by atoms with van der Waals surface area (Å²) in [6, 6.07) is 10.0. The predicted molar refractivity (Wildman–Crippen MR) is 74.2 cm³/mol. The van der Waals surface area contributed by atoms with Gasteiger partial charge in [0.15, 0.2) is 0 Å². The molecule has 18 heavy (non-hydrogen) atoms. The van der Waals surface area contributed by atoms with Crippen molar-refractivity contribution in [3.05, 3.63) is 47.1 Å². The standard InChI is InChI=1S/C15H16FNS/c16-14-7-6-11(10-17-12-3-1-4-12)9-13(14)15-5-2-8-18-15/h2,5-9,12,17H,1,3-4,10H2. The van der Waals surface area contributed by atoms with Crippen LogP contribution >= 0.6 is 11.3 Å². The second kappa shape index (κ2) is 5.21. The molecule has 1 nitrogen and oxygen atoms in total. The first kappa shape index (κ1) is 11.9. The molecule has 0 aliphatic heterocycles. The lowest BCUT2D eigenvalue weighted by Crippen LogP contribution is -2.34. The van der Waals surface area contributed by atoms with E-state index >= 15 is 0 Å². The summed E-state index contributed by atoms with van der Waals surface area (Å²) in [5, 5.41) is 5.49. The molecule has 1 saturated carbocycles. The first-order valence-electron chi connectivity index (χ1n) is 6.38. The fourth-order valence-corrected chi connectivity index (χ4v) is 2.92. The topological polar surface area (TPSA) is 12.0 Å². The molecule has 3 heteroatoms. The molecule has 1 aromatic carbocycles. The summed E-state index contributed by atoms with van der Waals surface area (Å²) in [4.78, 5) is 0.998. The van der Waals surface area contributed by atoms with Crippen molar-refractivity contribution in [1.29, 1.82) is 0 Å². The van der Waals surface area contributed by atoms with Gasteiger partial charge < -0.3 is 5.32 Å². The van der Waals surface area contributed by atoms with E-state index in [1.54, 1.807) is 17.4 Å². The Morgan fingerprint density at radius 3 is 2.83 bits per heavy atom. The van der Waals surface area contributed by atoms with E-state index < -0.39 is 0 Å². The van der Waals surface area contributed by atoms with Gasteiger partial charge >= 0.3 is 0 Å². The molecule has 2 aromatic rings. The summed E-state index contributed by atoms with van der Waals surface area (Å²) < 4.78 is 13.8. The van der Waals surface area contributed by atoms with Crippen molar-refractivity contribution in [2.24, 2.45) is 0 Å². The molecule has 1 N–H and O–H groups in total. The van der Waals surface area contributed by atoms with Crippen LogP contribution in [0.2, 0.25) is 0 Å². The van der Waals surface area contributed by atoms with Gasteiger partial charge in [0.1, 0.15) is 5.82 Å². The van der Waals surface area contributed by atoms with Crippen LogP contribution in [0.5, 0.6) is 0 Å². The smallest absolute Gasteiger partial charge is 0.131 e. The largest absolute Gasteiger partial charge is 0.310 e. The van der Waals surface area contributed by atoms with Crippen LogP contribution in [0.1, 0.15) is 24.8 Å². The number of hydrogen-bond donors (Lipinski definition) is 1. The van der Waals surface area contributed by atoms with Crippen LogP contribution in [-0.2, 0) is 6.54 Å². The third kappa shape index (κ3) is 2.47. The molecule has 0 atom stereocenters. The van der Waals surface area contributed by atoms with Crippen LogP contribution in [0.25, 0.3) is 10.4 Å². The van der Waals surface area contributed by atoms with Crippen LogP contribution in [0.3, 0.4) is 0 Å². The monoisotopic (exact) mass is 261 g/mol. The maximum Gasteiger partial charge on any atom is 0.131 e. The Labute approximate surface area is 111 Å². The summed E-state index contributed by atoms with van der Waals surface area (Å²) in [6.45, 7) is 0.837. The second-order valence-corrected chi connectivity index (χ2v) is 5.75. The number of hydrogen-bond acceptors (Lipinski definition) is 2. The van der Waals surface area contributed by atoms with Crippen LogP contribution in [0.15, 0.2) is 35.7 Å². The number of benzene rings is 1. The van der Waals surface area contributed by atoms with E-state index in [4.69, 9.17) is 0 Å². The summed E-state index contributed by atoms with van der Waals surface area (Å²) in [6.07, 6.45) is 3.89. The fourth-order valence-electron chi connectivity index (χ4n) is 2.18. The molecule has 0 spiro atoms. The highest BCUT2D eigenvalue weighted by Gasteiger charge is 2.16. The lowest BCUT2D eigenvalue weighted by Gasteiger charge is -2.26. The normalized spacial score (nSPS) is 15.6. The maximum absolute atomic E-state index is 13.8. The van der Waals surface area contributed by atoms with Gasteiger partial charge in [-0.15, -0.1) is 11.3 Å². The molecule has 3 rings (SSSR count). The highest BCUT2D eigenvalue weighted by atomic mass is 32.1. The zero-order valence-electron chi connectivity index (χ0n) is 10.2. The number of nitrogens with one attached hydrogen (secondary N) is 1. The van der Waals surface area contributed by atoms with E-state index in [1.807, 2.05) is 29.6 Å². The average molecular weight is 261 g/mol. The summed E-state index contributed by atoms with van der Waals surface area (Å²) in [7, 11) is 0. The Morgan fingerprint density at radius 2 is 2.17 bits per heavy atom. The van der Waals surface area contributed by atoms with Crippen molar-refractivity contribution in [2.75, 3.05) is 0 Å². The van der Waals surface area contributed by atoms with Gasteiger partial charge in [0.25, 0.3) is 0 Å². The number of halogens is 1. The minimum absolute atomic E-state index is 0.134. The third-order valence-corrected chi connectivity index (χ3v) is 4.42. The summed E-state index contributed by atoms with van der Waals surface area (Å²) >= 11 is 1.58. The van der Waals surface area contributed by atoms with E-state index in [1.165, 1.54) is 19.3 Å². The van der Waals surface area contributed by atoms with Crippen molar-refractivity contribution >= 4 is 11.3 Å². The Kier molecular flexibility index (Phi) is 3.43. The molecule has 0 unspecified atom stereocenters. The number of rotatable bonds is 4. The molecule has 0 radical (unpaired) electrons. The molecular weight excluding hydrogens is 245 g/mol. The van der Waals surface area contributed by atoms with Gasteiger partial charge in [-0.25, -0.2) is 4.39 Å². The molecule has 0 saturated heterocycles. The zero-order valence-corrected chi connectivity index (χ0v) is 11.0. The van der Waals surface area contributed by atoms with Gasteiger partial charge in [0, 0.05) is 23.0 Å². The number of thiophene rings is 1. The summed E-state index contributed by atoms with van der Waals surface area (Å²) in [5.74, 6) is -0.134. The first-order valence-corrected chi connectivity index (χ1v) is 7.26. The zero-order chi connectivity index (χ0) is 12.4. The quantitative estimate of drug-likeness (QED) is 0.870. The molecule has 94 valence electrons. The van der Waals surface area contributed by atoms with E-state index in [0.29, 0.717) is 6.04 Å². The van der Waals surface area contributed by atoms with Crippen LogP contribution in [0.4, 0.5) is 4.39 Å². The van der Waals surface area contributed by atoms with Gasteiger partial charge in [-0.05, 0) is 42.0 Å². The molecular formula is C15H16FNS. The third-order valence-electron chi connectivity index (χ3n) is 3.52. The Balaban J connectivity index is 1.77. The van der Waals surface area contributed by atoms with E-state index in [0.717, 1.165) is 22.5 Å². The molecule has 0 bridgehead atoms. The Hall–Kier alpha value is -1.19. The lowest BCUT2D eigenvalue weighted by atomic mass is 9.93. The minimum atomic E-state index is -0.134. The Morgan fingerprint density at radius 1 is 1.28 bits per heavy atom. The van der Waals surface area contributed by atoms with Crippen LogP contribution in [-0.4, -0.2) is 6.04 Å². The van der Waals surface area contributed by atoms with Crippen LogP contribution in [0, 0.1) is 5.82 Å². The fraction of sp³-hybridized carbons (Fsp3) is 0.333. The van der Waals surface area contributed by atoms with E-state index in [9.17, 15) is 4.39 Å². The van der Waals surface area contributed by atoms with Crippen molar-refractivity contribution in [1.82, 2.24) is 5.32 Å². The van der Waals surface area contributed by atoms with Crippen molar-refractivity contribution < 1.29 is 4.39 Å². The van der Waals surface area contributed by atoms with E-state index in [2.05, 4.69) is 5.32 Å². The molecule has 1 fully saturated rings. The predicted octanol–water partition coefficient (Wildman–Crippen LogP) is 4.20. The van der Waals surface area contributed by atoms with Gasteiger partial charge in [0.05, 0.1) is 0 Å². The minimum Gasteiger partial charge on any atom is -0.310 e. The van der Waals surface area contributed by atoms with Crippen molar-refractivity contribution in [3.8, 4) is 10.4 Å². The average Bonchev–Trinajstić information content (AvgIpc) is 2.82.